The Labute approximate surface area is 107 Å². The van der Waals surface area contributed by atoms with Crippen molar-refractivity contribution < 1.29 is 8.42 Å². The number of hydrogen-bond acceptors (Lipinski definition) is 3. The number of nitrogens with one attached hydrogen (secondary N) is 1. The minimum Gasteiger partial charge on any atom is -0.284 e. The van der Waals surface area contributed by atoms with Crippen LogP contribution in [-0.2, 0) is 17.1 Å². The highest BCUT2D eigenvalue weighted by atomic mass is 32.2. The zero-order valence-electron chi connectivity index (χ0n) is 10.5. The van der Waals surface area contributed by atoms with Gasteiger partial charge in [-0.15, -0.1) is 0 Å². The van der Waals surface area contributed by atoms with Gasteiger partial charge in [-0.05, 0) is 30.7 Å². The highest BCUT2D eigenvalue weighted by molar-refractivity contribution is 7.92. The molecule has 1 aromatic heterocycles. The smallest absolute Gasteiger partial charge is 0.229 e. The molecule has 6 heteroatoms. The van der Waals surface area contributed by atoms with E-state index in [0.29, 0.717) is 5.69 Å². The molecule has 0 aliphatic rings. The minimum absolute atomic E-state index is 0.555. The van der Waals surface area contributed by atoms with Gasteiger partial charge in [0.05, 0.1) is 11.9 Å². The van der Waals surface area contributed by atoms with E-state index >= 15 is 0 Å². The van der Waals surface area contributed by atoms with Gasteiger partial charge in [0.1, 0.15) is 0 Å². The number of sulfonamides is 1. The monoisotopic (exact) mass is 265 g/mol. The van der Waals surface area contributed by atoms with E-state index in [1.54, 1.807) is 16.9 Å². The van der Waals surface area contributed by atoms with Gasteiger partial charge in [-0.25, -0.2) is 8.42 Å². The van der Waals surface area contributed by atoms with E-state index in [1.807, 2.05) is 32.2 Å². The Kier molecular flexibility index (Phi) is 3.13. The van der Waals surface area contributed by atoms with Crippen LogP contribution in [0.5, 0.6) is 0 Å². The first kappa shape index (κ1) is 12.6. The molecule has 18 heavy (non-hydrogen) atoms. The lowest BCUT2D eigenvalue weighted by Crippen LogP contribution is -2.09. The molecule has 1 aromatic carbocycles. The molecule has 5 nitrogen and oxygen atoms in total. The predicted octanol–water partition coefficient (Wildman–Crippen LogP) is 1.77. The van der Waals surface area contributed by atoms with Gasteiger partial charge in [-0.2, -0.15) is 5.10 Å². The molecule has 2 rings (SSSR count). The molecule has 1 heterocycles. The van der Waals surface area contributed by atoms with E-state index in [1.165, 1.54) is 0 Å². The molecule has 96 valence electrons. The summed E-state index contributed by atoms with van der Waals surface area (Å²) in [5.74, 6) is 0. The average molecular weight is 265 g/mol. The number of hydrogen-bond donors (Lipinski definition) is 1. The zero-order chi connectivity index (χ0) is 13.3. The van der Waals surface area contributed by atoms with Crippen LogP contribution in [-0.4, -0.2) is 24.5 Å². The molecule has 1 N–H and O–H groups in total. The van der Waals surface area contributed by atoms with E-state index in [2.05, 4.69) is 9.82 Å². The van der Waals surface area contributed by atoms with E-state index in [4.69, 9.17) is 0 Å². The van der Waals surface area contributed by atoms with Crippen molar-refractivity contribution in [2.75, 3.05) is 11.0 Å². The van der Waals surface area contributed by atoms with Crippen molar-refractivity contribution in [3.8, 4) is 11.3 Å². The van der Waals surface area contributed by atoms with Crippen LogP contribution in [0.1, 0.15) is 5.56 Å². The molecule has 0 spiro atoms. The Balaban J connectivity index is 2.49. The predicted molar refractivity (Wildman–Crippen MR) is 71.8 cm³/mol. The van der Waals surface area contributed by atoms with Gasteiger partial charge >= 0.3 is 0 Å². The Bertz CT molecular complexity index is 674. The summed E-state index contributed by atoms with van der Waals surface area (Å²) in [6, 6.07) is 7.34. The van der Waals surface area contributed by atoms with Crippen molar-refractivity contribution in [1.29, 1.82) is 0 Å². The Morgan fingerprint density at radius 2 is 2.00 bits per heavy atom. The summed E-state index contributed by atoms with van der Waals surface area (Å²) >= 11 is 0. The fourth-order valence-electron chi connectivity index (χ4n) is 1.81. The van der Waals surface area contributed by atoms with E-state index in [9.17, 15) is 8.42 Å². The number of nitrogens with zero attached hydrogens (tertiary/aromatic N) is 2. The normalized spacial score (nSPS) is 11.5. The van der Waals surface area contributed by atoms with Crippen molar-refractivity contribution >= 4 is 15.7 Å². The third-order valence-electron chi connectivity index (χ3n) is 2.64. The number of benzene rings is 1. The van der Waals surface area contributed by atoms with Crippen LogP contribution in [0.4, 0.5) is 5.69 Å². The third kappa shape index (κ3) is 2.70. The average Bonchev–Trinajstić information content (AvgIpc) is 2.65. The first-order valence-corrected chi connectivity index (χ1v) is 7.33. The van der Waals surface area contributed by atoms with Crippen LogP contribution in [0.15, 0.2) is 30.5 Å². The molecule has 2 aromatic rings. The maximum absolute atomic E-state index is 11.2. The summed E-state index contributed by atoms with van der Waals surface area (Å²) in [6.07, 6.45) is 2.85. The van der Waals surface area contributed by atoms with Crippen LogP contribution >= 0.6 is 0 Å². The highest BCUT2D eigenvalue weighted by Gasteiger charge is 2.09. The first-order valence-electron chi connectivity index (χ1n) is 5.43. The summed E-state index contributed by atoms with van der Waals surface area (Å²) in [5.41, 5.74) is 3.53. The Morgan fingerprint density at radius 3 is 2.56 bits per heavy atom. The van der Waals surface area contributed by atoms with E-state index in [-0.39, 0.29) is 0 Å². The largest absolute Gasteiger partial charge is 0.284 e. The topological polar surface area (TPSA) is 64.0 Å². The second kappa shape index (κ2) is 4.45. The van der Waals surface area contributed by atoms with Crippen molar-refractivity contribution in [3.05, 3.63) is 36.0 Å². The van der Waals surface area contributed by atoms with Crippen LogP contribution < -0.4 is 4.72 Å². The fraction of sp³-hybridized carbons (Fsp3) is 0.250. The molecular weight excluding hydrogens is 250 g/mol. The molecule has 0 saturated carbocycles. The minimum atomic E-state index is -3.26. The summed E-state index contributed by atoms with van der Waals surface area (Å²) < 4.78 is 26.7. The molecule has 0 saturated heterocycles. The number of rotatable bonds is 3. The molecule has 0 bridgehead atoms. The van der Waals surface area contributed by atoms with Gasteiger partial charge in [0.15, 0.2) is 0 Å². The number of aryl methyl sites for hydroxylation is 2. The second-order valence-corrected chi connectivity index (χ2v) is 5.99. The molecule has 0 unspecified atom stereocenters. The molecule has 0 aliphatic carbocycles. The van der Waals surface area contributed by atoms with E-state index < -0.39 is 10.0 Å². The van der Waals surface area contributed by atoms with Gasteiger partial charge in [0.25, 0.3) is 0 Å². The number of aromatic nitrogens is 2. The fourth-order valence-corrected chi connectivity index (χ4v) is 2.37. The Morgan fingerprint density at radius 1 is 1.28 bits per heavy atom. The summed E-state index contributed by atoms with van der Waals surface area (Å²) in [7, 11) is -1.41. The molecule has 0 atom stereocenters. The lowest BCUT2D eigenvalue weighted by molar-refractivity contribution is 0.607. The summed E-state index contributed by atoms with van der Waals surface area (Å²) in [5, 5.41) is 4.12. The third-order valence-corrected chi connectivity index (χ3v) is 3.24. The van der Waals surface area contributed by atoms with Crippen molar-refractivity contribution in [1.82, 2.24) is 9.78 Å². The van der Waals surface area contributed by atoms with Gasteiger partial charge in [-0.1, -0.05) is 6.07 Å². The molecule has 0 fully saturated rings. The van der Waals surface area contributed by atoms with E-state index in [0.717, 1.165) is 23.1 Å². The van der Waals surface area contributed by atoms with Crippen LogP contribution in [0.25, 0.3) is 11.3 Å². The van der Waals surface area contributed by atoms with Gasteiger partial charge < -0.3 is 0 Å². The summed E-state index contributed by atoms with van der Waals surface area (Å²) in [4.78, 5) is 0. The van der Waals surface area contributed by atoms with Crippen molar-refractivity contribution in [3.63, 3.8) is 0 Å². The van der Waals surface area contributed by atoms with Crippen LogP contribution in [0.2, 0.25) is 0 Å². The van der Waals surface area contributed by atoms with Gasteiger partial charge in [0.2, 0.25) is 10.0 Å². The molecular formula is C12H15N3O2S. The molecule has 0 aliphatic heterocycles. The number of anilines is 1. The van der Waals surface area contributed by atoms with Crippen molar-refractivity contribution in [2.45, 2.75) is 6.92 Å². The maximum atomic E-state index is 11.2. The zero-order valence-corrected chi connectivity index (χ0v) is 11.3. The van der Waals surface area contributed by atoms with Gasteiger partial charge in [-0.3, -0.25) is 9.40 Å². The lowest BCUT2D eigenvalue weighted by Gasteiger charge is -2.10. The molecule has 0 amide bonds. The van der Waals surface area contributed by atoms with Crippen LogP contribution in [0.3, 0.4) is 0 Å². The second-order valence-electron chi connectivity index (χ2n) is 4.24. The SMILES string of the molecule is Cc1ccc(NS(C)(=O)=O)cc1-c1ccnn1C. The molecule has 0 radical (unpaired) electrons. The standard InChI is InChI=1S/C12H15N3O2S/c1-9-4-5-10(14-18(3,16)17)8-11(9)12-6-7-13-15(12)2/h4-8,14H,1-3H3. The van der Waals surface area contributed by atoms with Gasteiger partial charge in [0, 0.05) is 24.5 Å². The lowest BCUT2D eigenvalue weighted by atomic mass is 10.1. The first-order chi connectivity index (χ1) is 8.37. The maximum Gasteiger partial charge on any atom is 0.229 e. The Hall–Kier alpha value is -1.82. The van der Waals surface area contributed by atoms with Crippen LogP contribution in [0, 0.1) is 6.92 Å². The quantitative estimate of drug-likeness (QED) is 0.919. The summed E-state index contributed by atoms with van der Waals surface area (Å²) in [6.45, 7) is 1.98. The van der Waals surface area contributed by atoms with Crippen molar-refractivity contribution in [2.24, 2.45) is 7.05 Å². The highest BCUT2D eigenvalue weighted by Crippen LogP contribution is 2.26.